The van der Waals surface area contributed by atoms with Crippen molar-refractivity contribution in [1.29, 1.82) is 0 Å². The van der Waals surface area contributed by atoms with Gasteiger partial charge in [-0.1, -0.05) is 50.6 Å². The van der Waals surface area contributed by atoms with Gasteiger partial charge in [0.15, 0.2) is 0 Å². The van der Waals surface area contributed by atoms with Gasteiger partial charge in [-0.2, -0.15) is 0 Å². The van der Waals surface area contributed by atoms with Crippen LogP contribution in [0.2, 0.25) is 0 Å². The van der Waals surface area contributed by atoms with E-state index in [4.69, 9.17) is 4.74 Å². The van der Waals surface area contributed by atoms with Crippen LogP contribution in [0.4, 0.5) is 0 Å². The molecule has 1 aliphatic carbocycles. The molecular formula is C18H29NO. The van der Waals surface area contributed by atoms with Crippen LogP contribution < -0.4 is 5.32 Å². The van der Waals surface area contributed by atoms with Gasteiger partial charge in [0, 0.05) is 25.2 Å². The first kappa shape index (κ1) is 15.5. The largest absolute Gasteiger partial charge is 0.385 e. The summed E-state index contributed by atoms with van der Waals surface area (Å²) in [6.45, 7) is 6.48. The zero-order chi connectivity index (χ0) is 14.4. The van der Waals surface area contributed by atoms with Gasteiger partial charge in [0.25, 0.3) is 0 Å². The van der Waals surface area contributed by atoms with Crippen molar-refractivity contribution < 1.29 is 4.74 Å². The van der Waals surface area contributed by atoms with Gasteiger partial charge >= 0.3 is 0 Å². The molecule has 1 aromatic rings. The lowest BCUT2D eigenvalue weighted by Crippen LogP contribution is -2.56. The number of hydrogen-bond donors (Lipinski definition) is 1. The van der Waals surface area contributed by atoms with E-state index in [0.29, 0.717) is 17.4 Å². The monoisotopic (exact) mass is 275 g/mol. The maximum absolute atomic E-state index is 5.28. The Morgan fingerprint density at radius 3 is 2.45 bits per heavy atom. The molecular weight excluding hydrogens is 246 g/mol. The van der Waals surface area contributed by atoms with Gasteiger partial charge in [-0.25, -0.2) is 0 Å². The molecule has 0 amide bonds. The van der Waals surface area contributed by atoms with Gasteiger partial charge in [-0.05, 0) is 37.3 Å². The van der Waals surface area contributed by atoms with Crippen LogP contribution in [0.5, 0.6) is 0 Å². The standard InChI is InChI=1S/C18H29NO/c1-4-19-17(15(2)11-14-20-3)18(12-8-13-18)16-9-6-5-7-10-16/h5-7,9-10,15,17,19H,4,8,11-14H2,1-3H3. The molecule has 2 heteroatoms. The minimum atomic E-state index is 0.338. The average Bonchev–Trinajstić information content (AvgIpc) is 2.44. The predicted molar refractivity (Wildman–Crippen MR) is 85.1 cm³/mol. The summed E-state index contributed by atoms with van der Waals surface area (Å²) in [7, 11) is 1.80. The summed E-state index contributed by atoms with van der Waals surface area (Å²) < 4.78 is 5.28. The number of benzene rings is 1. The Balaban J connectivity index is 2.21. The second-order valence-corrected chi connectivity index (χ2v) is 6.17. The smallest absolute Gasteiger partial charge is 0.0465 e. The maximum Gasteiger partial charge on any atom is 0.0465 e. The number of hydrogen-bond acceptors (Lipinski definition) is 2. The number of likely N-dealkylation sites (N-methyl/N-ethyl adjacent to an activating group) is 1. The first-order valence-corrected chi connectivity index (χ1v) is 8.02. The summed E-state index contributed by atoms with van der Waals surface area (Å²) >= 11 is 0. The molecule has 1 aliphatic rings. The Morgan fingerprint density at radius 1 is 1.25 bits per heavy atom. The van der Waals surface area contributed by atoms with Gasteiger partial charge in [-0.15, -0.1) is 0 Å². The lowest BCUT2D eigenvalue weighted by molar-refractivity contribution is 0.106. The molecule has 112 valence electrons. The molecule has 0 radical (unpaired) electrons. The van der Waals surface area contributed by atoms with Crippen molar-refractivity contribution in [2.75, 3.05) is 20.3 Å². The molecule has 0 spiro atoms. The van der Waals surface area contributed by atoms with Crippen LogP contribution in [0.1, 0.15) is 45.1 Å². The van der Waals surface area contributed by atoms with Gasteiger partial charge in [0.05, 0.1) is 0 Å². The fourth-order valence-electron chi connectivity index (χ4n) is 3.74. The first-order chi connectivity index (χ1) is 9.74. The molecule has 1 saturated carbocycles. The van der Waals surface area contributed by atoms with Crippen molar-refractivity contribution in [3.63, 3.8) is 0 Å². The van der Waals surface area contributed by atoms with Crippen molar-refractivity contribution in [2.45, 2.75) is 51.0 Å². The van der Waals surface area contributed by atoms with Crippen molar-refractivity contribution in [1.82, 2.24) is 5.32 Å². The fourth-order valence-corrected chi connectivity index (χ4v) is 3.74. The minimum absolute atomic E-state index is 0.338. The molecule has 0 aliphatic heterocycles. The second-order valence-electron chi connectivity index (χ2n) is 6.17. The number of rotatable bonds is 8. The summed E-state index contributed by atoms with van der Waals surface area (Å²) in [4.78, 5) is 0. The summed E-state index contributed by atoms with van der Waals surface area (Å²) in [5.74, 6) is 0.635. The SMILES string of the molecule is CCNC(C(C)CCOC)C1(c2ccccc2)CCC1. The van der Waals surface area contributed by atoms with E-state index in [-0.39, 0.29) is 0 Å². The van der Waals surface area contributed by atoms with Crippen molar-refractivity contribution >= 4 is 0 Å². The van der Waals surface area contributed by atoms with Crippen molar-refractivity contribution in [3.8, 4) is 0 Å². The second kappa shape index (κ2) is 7.24. The topological polar surface area (TPSA) is 21.3 Å². The highest BCUT2D eigenvalue weighted by molar-refractivity contribution is 5.31. The first-order valence-electron chi connectivity index (χ1n) is 8.02. The van der Waals surface area contributed by atoms with E-state index in [1.165, 1.54) is 24.8 Å². The Kier molecular flexibility index (Phi) is 5.62. The van der Waals surface area contributed by atoms with Gasteiger partial charge in [-0.3, -0.25) is 0 Å². The van der Waals surface area contributed by atoms with Crippen molar-refractivity contribution in [2.24, 2.45) is 5.92 Å². The zero-order valence-corrected chi connectivity index (χ0v) is 13.2. The highest BCUT2D eigenvalue weighted by Gasteiger charge is 2.46. The molecule has 2 rings (SSSR count). The van der Waals surface area contributed by atoms with Gasteiger partial charge in [0.2, 0.25) is 0 Å². The van der Waals surface area contributed by atoms with Crippen LogP contribution in [0.3, 0.4) is 0 Å². The molecule has 0 bridgehead atoms. The van der Waals surface area contributed by atoms with E-state index in [9.17, 15) is 0 Å². The summed E-state index contributed by atoms with van der Waals surface area (Å²) in [6.07, 6.45) is 5.11. The van der Waals surface area contributed by atoms with Crippen LogP contribution in [0.25, 0.3) is 0 Å². The van der Waals surface area contributed by atoms with E-state index >= 15 is 0 Å². The van der Waals surface area contributed by atoms with E-state index in [1.54, 1.807) is 7.11 Å². The van der Waals surface area contributed by atoms with Gasteiger partial charge < -0.3 is 10.1 Å². The van der Waals surface area contributed by atoms with E-state index in [2.05, 4.69) is 49.5 Å². The minimum Gasteiger partial charge on any atom is -0.385 e. The summed E-state index contributed by atoms with van der Waals surface area (Å²) in [5, 5.41) is 3.78. The van der Waals surface area contributed by atoms with E-state index in [1.807, 2.05) is 0 Å². The third kappa shape index (κ3) is 3.07. The Hall–Kier alpha value is -0.860. The molecule has 1 N–H and O–H groups in total. The molecule has 1 aromatic carbocycles. The zero-order valence-electron chi connectivity index (χ0n) is 13.2. The van der Waals surface area contributed by atoms with E-state index < -0.39 is 0 Å². The highest BCUT2D eigenvalue weighted by Crippen LogP contribution is 2.48. The molecule has 0 saturated heterocycles. The Bertz CT molecular complexity index is 386. The maximum atomic E-state index is 5.28. The normalized spacial score (nSPS) is 20.1. The molecule has 2 nitrogen and oxygen atoms in total. The summed E-state index contributed by atoms with van der Waals surface area (Å²) in [6, 6.07) is 11.7. The Labute approximate surface area is 123 Å². The molecule has 2 unspecified atom stereocenters. The predicted octanol–water partition coefficient (Wildman–Crippen LogP) is 3.76. The lowest BCUT2D eigenvalue weighted by Gasteiger charge is -2.51. The van der Waals surface area contributed by atoms with Crippen LogP contribution in [0.15, 0.2) is 30.3 Å². The molecule has 0 heterocycles. The molecule has 20 heavy (non-hydrogen) atoms. The fraction of sp³-hybridized carbons (Fsp3) is 0.667. The lowest BCUT2D eigenvalue weighted by atomic mass is 9.57. The molecule has 0 aromatic heterocycles. The van der Waals surface area contributed by atoms with Crippen LogP contribution in [-0.2, 0) is 10.2 Å². The third-order valence-electron chi connectivity index (χ3n) is 4.96. The number of ether oxygens (including phenoxy) is 1. The number of methoxy groups -OCH3 is 1. The third-order valence-corrected chi connectivity index (χ3v) is 4.96. The molecule has 2 atom stereocenters. The van der Waals surface area contributed by atoms with Crippen LogP contribution >= 0.6 is 0 Å². The van der Waals surface area contributed by atoms with Gasteiger partial charge in [0.1, 0.15) is 0 Å². The van der Waals surface area contributed by atoms with Crippen molar-refractivity contribution in [3.05, 3.63) is 35.9 Å². The molecule has 1 fully saturated rings. The van der Waals surface area contributed by atoms with E-state index in [0.717, 1.165) is 19.6 Å². The summed E-state index contributed by atoms with van der Waals surface area (Å²) in [5.41, 5.74) is 1.85. The average molecular weight is 275 g/mol. The van der Waals surface area contributed by atoms with Crippen LogP contribution in [-0.4, -0.2) is 26.3 Å². The van der Waals surface area contributed by atoms with Crippen LogP contribution in [0, 0.1) is 5.92 Å². The number of nitrogens with one attached hydrogen (secondary N) is 1. The Morgan fingerprint density at radius 2 is 1.95 bits per heavy atom. The highest BCUT2D eigenvalue weighted by atomic mass is 16.5. The quantitative estimate of drug-likeness (QED) is 0.780.